The molecule has 0 saturated carbocycles. The Morgan fingerprint density at radius 1 is 1.04 bits per heavy atom. The van der Waals surface area contributed by atoms with Gasteiger partial charge in [-0.3, -0.25) is 9.69 Å². The van der Waals surface area contributed by atoms with Crippen molar-refractivity contribution in [3.05, 3.63) is 88.1 Å². The highest BCUT2D eigenvalue weighted by atomic mass is 32.1. The van der Waals surface area contributed by atoms with Gasteiger partial charge in [0.1, 0.15) is 5.75 Å². The monoisotopic (exact) mass is 380 g/mol. The lowest BCUT2D eigenvalue weighted by Gasteiger charge is -2.22. The Morgan fingerprint density at radius 2 is 1.74 bits per heavy atom. The van der Waals surface area contributed by atoms with Crippen molar-refractivity contribution in [3.8, 4) is 5.75 Å². The predicted molar refractivity (Wildman–Crippen MR) is 110 cm³/mol. The lowest BCUT2D eigenvalue weighted by molar-refractivity contribution is -0.122. The summed E-state index contributed by atoms with van der Waals surface area (Å²) in [6, 6.07) is 21.8. The molecule has 3 aromatic rings. The first-order chi connectivity index (χ1) is 13.2. The van der Waals surface area contributed by atoms with Crippen LogP contribution in [0.1, 0.15) is 22.0 Å². The number of benzene rings is 2. The minimum atomic E-state index is -0.195. The van der Waals surface area contributed by atoms with Crippen molar-refractivity contribution >= 4 is 17.2 Å². The zero-order valence-corrected chi connectivity index (χ0v) is 16.4. The Morgan fingerprint density at radius 3 is 2.37 bits per heavy atom. The van der Waals surface area contributed by atoms with Crippen LogP contribution in [0, 0.1) is 0 Å². The normalized spacial score (nSPS) is 12.0. The second-order valence-corrected chi connectivity index (χ2v) is 7.47. The Labute approximate surface area is 164 Å². The molecule has 0 spiro atoms. The number of hydrogen-bond acceptors (Lipinski definition) is 4. The van der Waals surface area contributed by atoms with Gasteiger partial charge in [-0.05, 0) is 41.8 Å². The van der Waals surface area contributed by atoms with Gasteiger partial charge in [0.2, 0.25) is 5.91 Å². The molecule has 1 atom stereocenters. The van der Waals surface area contributed by atoms with Crippen molar-refractivity contribution in [2.75, 3.05) is 20.7 Å². The van der Waals surface area contributed by atoms with E-state index in [1.165, 1.54) is 4.88 Å². The largest absolute Gasteiger partial charge is 0.497 e. The molecule has 0 radical (unpaired) electrons. The molecule has 0 fully saturated rings. The Bertz CT molecular complexity index is 833. The number of rotatable bonds is 8. The number of hydrogen-bond donors (Lipinski definition) is 1. The second kappa shape index (κ2) is 9.35. The van der Waals surface area contributed by atoms with Gasteiger partial charge < -0.3 is 10.1 Å². The molecule has 1 aromatic heterocycles. The summed E-state index contributed by atoms with van der Waals surface area (Å²) in [5, 5.41) is 5.23. The molecular formula is C22H24N2O2S. The molecule has 3 rings (SSSR count). The Hall–Kier alpha value is -2.63. The molecule has 0 unspecified atom stereocenters. The van der Waals surface area contributed by atoms with E-state index in [9.17, 15) is 4.79 Å². The summed E-state index contributed by atoms with van der Waals surface area (Å²) >= 11 is 1.70. The number of nitrogens with one attached hydrogen (secondary N) is 1. The number of likely N-dealkylation sites (N-methyl/N-ethyl adjacent to an activating group) is 1. The van der Waals surface area contributed by atoms with Crippen LogP contribution in [-0.2, 0) is 11.3 Å². The number of nitrogens with zero attached hydrogens (tertiary/aromatic N) is 1. The van der Waals surface area contributed by atoms with Crippen molar-refractivity contribution in [3.63, 3.8) is 0 Å². The fourth-order valence-corrected chi connectivity index (χ4v) is 3.76. The summed E-state index contributed by atoms with van der Waals surface area (Å²) in [7, 11) is 3.61. The van der Waals surface area contributed by atoms with Crippen LogP contribution in [0.2, 0.25) is 0 Å². The van der Waals surface area contributed by atoms with Crippen LogP contribution < -0.4 is 10.1 Å². The smallest absolute Gasteiger partial charge is 0.234 e. The SMILES string of the molecule is COc1ccc([C@@H](NC(=O)CN(C)Cc2cccs2)c2ccccc2)cc1. The summed E-state index contributed by atoms with van der Waals surface area (Å²) in [5.41, 5.74) is 2.08. The van der Waals surface area contributed by atoms with Crippen LogP contribution in [0.15, 0.2) is 72.1 Å². The lowest BCUT2D eigenvalue weighted by Crippen LogP contribution is -2.37. The molecule has 4 nitrogen and oxygen atoms in total. The van der Waals surface area contributed by atoms with Gasteiger partial charge in [0.25, 0.3) is 0 Å². The van der Waals surface area contributed by atoms with E-state index in [0.717, 1.165) is 23.4 Å². The number of carbonyl (C=O) groups excluding carboxylic acids is 1. The number of ether oxygens (including phenoxy) is 1. The maximum absolute atomic E-state index is 12.7. The van der Waals surface area contributed by atoms with E-state index in [2.05, 4.69) is 16.8 Å². The molecule has 0 aliphatic carbocycles. The molecular weight excluding hydrogens is 356 g/mol. The zero-order chi connectivity index (χ0) is 19.1. The molecule has 0 bridgehead atoms. The molecule has 5 heteroatoms. The van der Waals surface area contributed by atoms with Gasteiger partial charge in [0, 0.05) is 11.4 Å². The van der Waals surface area contributed by atoms with Gasteiger partial charge in [0.05, 0.1) is 19.7 Å². The van der Waals surface area contributed by atoms with Crippen LogP contribution in [0.5, 0.6) is 5.75 Å². The standard InChI is InChI=1S/C22H24N2O2S/c1-24(15-20-9-6-14-27-20)16-21(25)23-22(17-7-4-3-5-8-17)18-10-12-19(26-2)13-11-18/h3-14,22H,15-16H2,1-2H3,(H,23,25)/t22-/m0/s1. The Kier molecular flexibility index (Phi) is 6.63. The molecule has 0 saturated heterocycles. The molecule has 0 aliphatic heterocycles. The number of carbonyl (C=O) groups is 1. The van der Waals surface area contributed by atoms with E-state index in [1.807, 2.05) is 72.6 Å². The summed E-state index contributed by atoms with van der Waals surface area (Å²) in [4.78, 5) is 16.0. The first kappa shape index (κ1) is 19.1. The number of methoxy groups -OCH3 is 1. The molecule has 1 amide bonds. The highest BCUT2D eigenvalue weighted by molar-refractivity contribution is 7.09. The quantitative estimate of drug-likeness (QED) is 0.640. The third-order valence-corrected chi connectivity index (χ3v) is 5.17. The zero-order valence-electron chi connectivity index (χ0n) is 15.6. The van der Waals surface area contributed by atoms with E-state index in [1.54, 1.807) is 18.4 Å². The van der Waals surface area contributed by atoms with Crippen molar-refractivity contribution in [1.82, 2.24) is 10.2 Å². The minimum absolute atomic E-state index is 0.00118. The average molecular weight is 381 g/mol. The van der Waals surface area contributed by atoms with Crippen molar-refractivity contribution in [2.24, 2.45) is 0 Å². The van der Waals surface area contributed by atoms with E-state index in [4.69, 9.17) is 4.74 Å². The topological polar surface area (TPSA) is 41.6 Å². The van der Waals surface area contributed by atoms with Crippen LogP contribution in [-0.4, -0.2) is 31.5 Å². The number of thiophene rings is 1. The summed E-state index contributed by atoms with van der Waals surface area (Å²) in [6.07, 6.45) is 0. The van der Waals surface area contributed by atoms with Crippen molar-refractivity contribution in [2.45, 2.75) is 12.6 Å². The molecule has 27 heavy (non-hydrogen) atoms. The fraction of sp³-hybridized carbons (Fsp3) is 0.227. The Balaban J connectivity index is 1.71. The van der Waals surface area contributed by atoms with E-state index in [0.29, 0.717) is 6.54 Å². The van der Waals surface area contributed by atoms with Crippen molar-refractivity contribution < 1.29 is 9.53 Å². The first-order valence-electron chi connectivity index (χ1n) is 8.85. The van der Waals surface area contributed by atoms with Gasteiger partial charge in [-0.1, -0.05) is 48.5 Å². The predicted octanol–water partition coefficient (Wildman–Crippen LogP) is 4.09. The summed E-state index contributed by atoms with van der Waals surface area (Å²) in [5.74, 6) is 0.797. The summed E-state index contributed by atoms with van der Waals surface area (Å²) < 4.78 is 5.25. The van der Waals surface area contributed by atoms with E-state index >= 15 is 0 Å². The second-order valence-electron chi connectivity index (χ2n) is 6.44. The van der Waals surface area contributed by atoms with Crippen LogP contribution in [0.4, 0.5) is 0 Å². The van der Waals surface area contributed by atoms with Crippen molar-refractivity contribution in [1.29, 1.82) is 0 Å². The van der Waals surface area contributed by atoms with Crippen LogP contribution >= 0.6 is 11.3 Å². The maximum atomic E-state index is 12.7. The van der Waals surface area contributed by atoms with Gasteiger partial charge in [-0.2, -0.15) is 0 Å². The van der Waals surface area contributed by atoms with Gasteiger partial charge in [0.15, 0.2) is 0 Å². The van der Waals surface area contributed by atoms with E-state index in [-0.39, 0.29) is 11.9 Å². The maximum Gasteiger partial charge on any atom is 0.234 e. The van der Waals surface area contributed by atoms with Gasteiger partial charge in [-0.15, -0.1) is 11.3 Å². The summed E-state index contributed by atoms with van der Waals surface area (Å²) in [6.45, 7) is 1.11. The minimum Gasteiger partial charge on any atom is -0.497 e. The molecule has 1 heterocycles. The average Bonchev–Trinajstić information content (AvgIpc) is 3.19. The van der Waals surface area contributed by atoms with Crippen LogP contribution in [0.3, 0.4) is 0 Å². The highest BCUT2D eigenvalue weighted by Crippen LogP contribution is 2.24. The lowest BCUT2D eigenvalue weighted by atomic mass is 9.98. The third kappa shape index (κ3) is 5.42. The van der Waals surface area contributed by atoms with E-state index < -0.39 is 0 Å². The molecule has 2 aromatic carbocycles. The third-order valence-electron chi connectivity index (χ3n) is 4.31. The molecule has 140 valence electrons. The molecule has 1 N–H and O–H groups in total. The van der Waals surface area contributed by atoms with Gasteiger partial charge >= 0.3 is 0 Å². The number of amides is 1. The highest BCUT2D eigenvalue weighted by Gasteiger charge is 2.18. The molecule has 0 aliphatic rings. The fourth-order valence-electron chi connectivity index (χ4n) is 2.98. The first-order valence-corrected chi connectivity index (χ1v) is 9.73. The van der Waals surface area contributed by atoms with Gasteiger partial charge in [-0.25, -0.2) is 0 Å². The van der Waals surface area contributed by atoms with Crippen LogP contribution in [0.25, 0.3) is 0 Å².